The van der Waals surface area contributed by atoms with Gasteiger partial charge >= 0.3 is 0 Å². The van der Waals surface area contributed by atoms with Gasteiger partial charge < -0.3 is 4.98 Å². The van der Waals surface area contributed by atoms with Crippen LogP contribution in [0, 0.1) is 0 Å². The number of hydrogen-bond donors (Lipinski definition) is 1. The number of fused-ring (bicyclic) bond motifs is 11. The van der Waals surface area contributed by atoms with E-state index < -0.39 is 7.53 Å². The van der Waals surface area contributed by atoms with Crippen LogP contribution >= 0.6 is 7.53 Å². The Balaban J connectivity index is 1.48. The lowest BCUT2D eigenvalue weighted by Gasteiger charge is -2.06. The highest BCUT2D eigenvalue weighted by Crippen LogP contribution is 2.56. The monoisotopic (exact) mass is 595 g/mol. The normalized spacial score (nSPS) is 13.3. The average Bonchev–Trinajstić information content (AvgIpc) is 3.92. The summed E-state index contributed by atoms with van der Waals surface area (Å²) in [5, 5.41) is 4.27. The van der Waals surface area contributed by atoms with Gasteiger partial charge in [0.1, 0.15) is 0 Å². The molecule has 0 radical (unpaired) electrons. The minimum Gasteiger partial charge on any atom is -0.354 e. The molecule has 3 nitrogen and oxygen atoms in total. The fourth-order valence-corrected chi connectivity index (χ4v) is 9.96. The van der Waals surface area contributed by atoms with Crippen molar-refractivity contribution in [1.82, 2.24) is 15.0 Å². The molecule has 9 rings (SSSR count). The largest absolute Gasteiger partial charge is 0.354 e. The third-order valence-corrected chi connectivity index (χ3v) is 11.7. The van der Waals surface area contributed by atoms with Gasteiger partial charge in [-0.1, -0.05) is 98.5 Å². The van der Waals surface area contributed by atoms with Crippen LogP contribution in [-0.2, 0) is 12.8 Å². The Morgan fingerprint density at radius 2 is 0.978 bits per heavy atom. The van der Waals surface area contributed by atoms with Crippen LogP contribution in [-0.4, -0.2) is 15.0 Å². The molecule has 1 aliphatic carbocycles. The molecule has 45 heavy (non-hydrogen) atoms. The van der Waals surface area contributed by atoms with E-state index in [4.69, 9.17) is 9.97 Å². The van der Waals surface area contributed by atoms with Gasteiger partial charge in [0.15, 0.2) is 0 Å². The fourth-order valence-electron chi connectivity index (χ4n) is 7.12. The molecule has 8 bridgehead atoms. The molecule has 0 saturated carbocycles. The summed E-state index contributed by atoms with van der Waals surface area (Å²) in [5.74, 6) is 0. The average molecular weight is 596 g/mol. The van der Waals surface area contributed by atoms with Crippen molar-refractivity contribution in [3.05, 3.63) is 149 Å². The minimum absolute atomic E-state index is 0.723. The summed E-state index contributed by atoms with van der Waals surface area (Å²) >= 11 is 0. The molecule has 5 heterocycles. The van der Waals surface area contributed by atoms with Crippen LogP contribution in [0.25, 0.3) is 73.1 Å². The zero-order valence-corrected chi connectivity index (χ0v) is 25.6. The summed E-state index contributed by atoms with van der Waals surface area (Å²) in [6.07, 6.45) is 12.2. The van der Waals surface area contributed by atoms with Gasteiger partial charge in [-0.15, -0.1) is 0 Å². The van der Waals surface area contributed by atoms with E-state index >= 15 is 0 Å². The number of hydrogen-bond acceptors (Lipinski definition) is 2. The van der Waals surface area contributed by atoms with Crippen molar-refractivity contribution in [1.29, 1.82) is 0 Å². The number of aromatic nitrogens is 3. The molecule has 4 heteroatoms. The van der Waals surface area contributed by atoms with Crippen molar-refractivity contribution < 1.29 is 0 Å². The third kappa shape index (κ3) is 4.51. The molecule has 1 N–H and O–H groups in total. The standard InChI is InChI=1S/C41H30N3P/c1-4-11-27(12-5-1)40-34-21-19-29(42-34)25-38-32-17-10-18-33(32)39(45(38)31-15-8-3-9-16-31)26-30-20-22-35(43-30)41(28-13-6-2-7-14-28)37-24-23-36(40)44-37/h1-9,11-16,19-26,44H,10,17-18H2. The predicted octanol–water partition coefficient (Wildman–Crippen LogP) is 11.1. The second-order valence-corrected chi connectivity index (χ2v) is 14.0. The van der Waals surface area contributed by atoms with Crippen molar-refractivity contribution >= 4 is 53.1 Å². The van der Waals surface area contributed by atoms with E-state index in [9.17, 15) is 0 Å². The van der Waals surface area contributed by atoms with Crippen molar-refractivity contribution in [3.63, 3.8) is 0 Å². The SMILES string of the molecule is C1=Cc2nc1cc1c3c(c(cc4nc(c(-c5ccccc5)c5ccc([nH]5)c2-c2ccccc2)C=C4)p1-c1ccccc1)CCC3. The first-order valence-electron chi connectivity index (χ1n) is 15.6. The first kappa shape index (κ1) is 26.2. The van der Waals surface area contributed by atoms with E-state index in [2.05, 4.69) is 145 Å². The second-order valence-electron chi connectivity index (χ2n) is 11.8. The number of benzene rings is 3. The van der Waals surface area contributed by atoms with Crippen LogP contribution in [0.1, 0.15) is 40.3 Å². The van der Waals surface area contributed by atoms with Crippen LogP contribution in [0.3, 0.4) is 0 Å². The summed E-state index contributed by atoms with van der Waals surface area (Å²) < 4.78 is 0. The summed E-state index contributed by atoms with van der Waals surface area (Å²) in [6.45, 7) is 0. The predicted molar refractivity (Wildman–Crippen MR) is 191 cm³/mol. The second kappa shape index (κ2) is 10.7. The Morgan fingerprint density at radius 1 is 0.511 bits per heavy atom. The van der Waals surface area contributed by atoms with E-state index in [1.165, 1.54) is 33.1 Å². The van der Waals surface area contributed by atoms with Gasteiger partial charge in [0, 0.05) is 32.4 Å². The summed E-state index contributed by atoms with van der Waals surface area (Å²) in [7, 11) is -0.723. The summed E-state index contributed by atoms with van der Waals surface area (Å²) in [4.78, 5) is 14.4. The zero-order chi connectivity index (χ0) is 29.7. The fraction of sp³-hybridized carbons (Fsp3) is 0.0732. The molecule has 3 aliphatic rings. The lowest BCUT2D eigenvalue weighted by molar-refractivity contribution is 0.915. The van der Waals surface area contributed by atoms with Gasteiger partial charge in [-0.05, 0) is 95.4 Å². The van der Waals surface area contributed by atoms with Gasteiger partial charge in [0.05, 0.1) is 22.8 Å². The van der Waals surface area contributed by atoms with Gasteiger partial charge in [-0.2, -0.15) is 0 Å². The van der Waals surface area contributed by atoms with E-state index in [1.54, 1.807) is 0 Å². The molecule has 0 saturated heterocycles. The Morgan fingerprint density at radius 3 is 1.47 bits per heavy atom. The number of nitrogens with zero attached hydrogens (tertiary/aromatic N) is 2. The van der Waals surface area contributed by atoms with Crippen LogP contribution < -0.4 is 0 Å². The number of aryl methyl sites for hydroxylation is 2. The zero-order valence-electron chi connectivity index (χ0n) is 24.7. The van der Waals surface area contributed by atoms with Crippen LogP contribution in [0.4, 0.5) is 0 Å². The number of rotatable bonds is 3. The van der Waals surface area contributed by atoms with Crippen LogP contribution in [0.5, 0.6) is 0 Å². The minimum atomic E-state index is -0.723. The lowest BCUT2D eigenvalue weighted by atomic mass is 10.0. The van der Waals surface area contributed by atoms with Gasteiger partial charge in [-0.25, -0.2) is 9.97 Å². The van der Waals surface area contributed by atoms with Crippen molar-refractivity contribution in [2.24, 2.45) is 0 Å². The highest BCUT2D eigenvalue weighted by molar-refractivity contribution is 7.67. The van der Waals surface area contributed by atoms with Crippen LogP contribution in [0.15, 0.2) is 115 Å². The van der Waals surface area contributed by atoms with Crippen molar-refractivity contribution in [2.45, 2.75) is 19.3 Å². The lowest BCUT2D eigenvalue weighted by Crippen LogP contribution is -1.86. The molecule has 2 aliphatic heterocycles. The Bertz CT molecular complexity index is 2180. The number of H-pyrrole nitrogens is 1. The molecule has 3 aromatic heterocycles. The van der Waals surface area contributed by atoms with E-state index in [0.717, 1.165) is 68.9 Å². The third-order valence-electron chi connectivity index (χ3n) is 9.09. The first-order chi connectivity index (χ1) is 22.3. The van der Waals surface area contributed by atoms with Gasteiger partial charge in [0.25, 0.3) is 0 Å². The summed E-state index contributed by atoms with van der Waals surface area (Å²) in [5.41, 5.74) is 13.6. The molecule has 0 amide bonds. The maximum absolute atomic E-state index is 5.30. The molecular weight excluding hydrogens is 565 g/mol. The number of nitrogens with one attached hydrogen (secondary N) is 1. The Hall–Kier alpha value is -5.24. The van der Waals surface area contributed by atoms with Crippen LogP contribution in [0.2, 0.25) is 0 Å². The van der Waals surface area contributed by atoms with Crippen molar-refractivity contribution in [2.75, 3.05) is 0 Å². The Kier molecular flexibility index (Phi) is 6.25. The highest BCUT2D eigenvalue weighted by atomic mass is 31.1. The molecule has 0 spiro atoms. The first-order valence-corrected chi connectivity index (χ1v) is 17.0. The Labute approximate surface area is 263 Å². The molecule has 6 aromatic rings. The topological polar surface area (TPSA) is 41.6 Å². The highest BCUT2D eigenvalue weighted by Gasteiger charge is 2.23. The molecule has 3 aromatic carbocycles. The smallest absolute Gasteiger partial charge is 0.0736 e. The quantitative estimate of drug-likeness (QED) is 0.221. The molecule has 0 fully saturated rings. The van der Waals surface area contributed by atoms with E-state index in [-0.39, 0.29) is 0 Å². The molecule has 0 unspecified atom stereocenters. The van der Waals surface area contributed by atoms with Gasteiger partial charge in [0.2, 0.25) is 0 Å². The molecular formula is C41H30N3P. The maximum Gasteiger partial charge on any atom is 0.0736 e. The van der Waals surface area contributed by atoms with E-state index in [1.807, 2.05) is 0 Å². The number of aromatic amines is 1. The maximum atomic E-state index is 5.30. The molecule has 0 atom stereocenters. The molecule has 214 valence electrons. The summed E-state index contributed by atoms with van der Waals surface area (Å²) in [6, 6.07) is 41.4. The van der Waals surface area contributed by atoms with E-state index in [0.29, 0.717) is 0 Å². The van der Waals surface area contributed by atoms with Crippen molar-refractivity contribution in [3.8, 4) is 27.6 Å². The van der Waals surface area contributed by atoms with Gasteiger partial charge in [-0.3, -0.25) is 0 Å².